The van der Waals surface area contributed by atoms with E-state index in [4.69, 9.17) is 23.2 Å². The van der Waals surface area contributed by atoms with Crippen LogP contribution in [0.1, 0.15) is 41.7 Å². The van der Waals surface area contributed by atoms with Crippen molar-refractivity contribution in [3.8, 4) is 11.1 Å². The van der Waals surface area contributed by atoms with E-state index in [0.29, 0.717) is 5.92 Å². The quantitative estimate of drug-likeness (QED) is 0.158. The van der Waals surface area contributed by atoms with Gasteiger partial charge >= 0.3 is 123 Å². The Morgan fingerprint density at radius 2 is 1.24 bits per heavy atom. The van der Waals surface area contributed by atoms with Gasteiger partial charge in [-0.3, -0.25) is 6.08 Å². The molecule has 0 heterocycles. The van der Waals surface area contributed by atoms with Crippen molar-refractivity contribution >= 4 is 61.0 Å². The molecule has 2 aliphatic rings. The fraction of sp³-hybridized carbons (Fsp3) is 0.100. The molecule has 0 radical (unpaired) electrons. The maximum Gasteiger partial charge on any atom is -0.0253 e. The Labute approximate surface area is 301 Å². The minimum atomic E-state index is -0.623. The molecule has 1 atom stereocenters. The Morgan fingerprint density at radius 1 is 0.689 bits per heavy atom. The summed E-state index contributed by atoms with van der Waals surface area (Å²) >= 11 is 11.0. The molecule has 0 saturated heterocycles. The Bertz CT molecular complexity index is 1710. The molecule has 0 fully saturated rings. The molecular formula is C40H34Cl4Zr-2. The number of rotatable bonds is 3. The van der Waals surface area contributed by atoms with Gasteiger partial charge in [0, 0.05) is 0 Å². The summed E-state index contributed by atoms with van der Waals surface area (Å²) in [5.41, 5.74) is 11.9. The van der Waals surface area contributed by atoms with E-state index in [1.54, 1.807) is 0 Å². The van der Waals surface area contributed by atoms with Gasteiger partial charge in [0.1, 0.15) is 0 Å². The van der Waals surface area contributed by atoms with E-state index in [2.05, 4.69) is 124 Å². The molecule has 0 N–H and O–H groups in total. The van der Waals surface area contributed by atoms with Crippen LogP contribution in [0.4, 0.5) is 0 Å². The van der Waals surface area contributed by atoms with Crippen LogP contribution < -0.4 is 0 Å². The zero-order valence-electron chi connectivity index (χ0n) is 25.1. The van der Waals surface area contributed by atoms with Crippen molar-refractivity contribution in [1.29, 1.82) is 0 Å². The first kappa shape index (κ1) is 36.8. The zero-order chi connectivity index (χ0) is 30.0. The number of allylic oxidation sites excluding steroid dienone is 4. The summed E-state index contributed by atoms with van der Waals surface area (Å²) in [5, 5.41) is 1.57. The molecule has 0 aromatic heterocycles. The average molecular weight is 748 g/mol. The van der Waals surface area contributed by atoms with Crippen LogP contribution in [0.5, 0.6) is 0 Å². The molecule has 7 rings (SSSR count). The summed E-state index contributed by atoms with van der Waals surface area (Å²) in [6.45, 7) is 4.29. The summed E-state index contributed by atoms with van der Waals surface area (Å²) in [5.74, 6) is 0.468. The number of halogens is 4. The second-order valence-electron chi connectivity index (χ2n) is 10.5. The van der Waals surface area contributed by atoms with Gasteiger partial charge in [0.2, 0.25) is 0 Å². The summed E-state index contributed by atoms with van der Waals surface area (Å²) < 4.78 is 4.66. The molecule has 0 saturated carbocycles. The number of hydrogen-bond donors (Lipinski definition) is 0. The maximum atomic E-state index is 5.84. The third-order valence-corrected chi connectivity index (χ3v) is 10.2. The number of benzene rings is 5. The summed E-state index contributed by atoms with van der Waals surface area (Å²) in [7, 11) is 0. The molecular weight excluding hydrogens is 713 g/mol. The summed E-state index contributed by atoms with van der Waals surface area (Å²) in [6, 6.07) is 44.5. The van der Waals surface area contributed by atoms with Crippen molar-refractivity contribution in [2.45, 2.75) is 20.3 Å². The van der Waals surface area contributed by atoms with Gasteiger partial charge in [-0.1, -0.05) is 85.5 Å². The van der Waals surface area contributed by atoms with Gasteiger partial charge in [-0.05, 0) is 6.42 Å². The van der Waals surface area contributed by atoms with E-state index in [1.807, 2.05) is 36.4 Å². The first-order chi connectivity index (χ1) is 21.0. The van der Waals surface area contributed by atoms with Crippen LogP contribution in [-0.4, -0.2) is 7.42 Å². The van der Waals surface area contributed by atoms with Crippen LogP contribution in [-0.2, 0) is 28.7 Å². The Balaban J connectivity index is 0.000000182. The van der Waals surface area contributed by atoms with Gasteiger partial charge in [-0.15, -0.1) is 35.9 Å². The second kappa shape index (κ2) is 18.5. The van der Waals surface area contributed by atoms with Crippen LogP contribution in [0.15, 0.2) is 133 Å². The first-order valence-corrected chi connectivity index (χ1v) is 17.9. The van der Waals surface area contributed by atoms with Gasteiger partial charge in [0.15, 0.2) is 0 Å². The molecule has 5 heteroatoms. The fourth-order valence-electron chi connectivity index (χ4n) is 5.12. The van der Waals surface area contributed by atoms with Crippen LogP contribution >= 0.6 is 48.0 Å². The zero-order valence-corrected chi connectivity index (χ0v) is 30.7. The molecule has 5 aromatic rings. The van der Waals surface area contributed by atoms with E-state index in [9.17, 15) is 0 Å². The van der Waals surface area contributed by atoms with Crippen molar-refractivity contribution in [2.24, 2.45) is 5.92 Å². The van der Waals surface area contributed by atoms with E-state index in [0.717, 1.165) is 16.5 Å². The minimum Gasteiger partial charge on any atom is -0.179 e. The average Bonchev–Trinajstić information content (AvgIpc) is 3.59. The van der Waals surface area contributed by atoms with Crippen LogP contribution in [0.25, 0.3) is 16.7 Å². The largest absolute Gasteiger partial charge is 0.179 e. The monoisotopic (exact) mass is 744 g/mol. The van der Waals surface area contributed by atoms with Crippen LogP contribution in [0.2, 0.25) is 10.0 Å². The standard InChI is InChI=1S/C13H9.C13H13.2C7H5Cl.2ClH.Zr/c1-3-7-12-10(5-1)9-11-6-2-4-8-13(11)12;1-10-8-11(2)13(9-10)12-6-4-3-5-7-12;2*1-6-2-4-7(8)5-3-6;;;/h1-5,7-8H,9H2;3-7,9-10H,1-2H3;2*1-5H;2*1H;/q2*-1;;;;;. The molecule has 5 aromatic carbocycles. The normalized spacial score (nSPS) is 13.3. The van der Waals surface area contributed by atoms with Crippen LogP contribution in [0.3, 0.4) is 0 Å². The van der Waals surface area contributed by atoms with Gasteiger partial charge in [0.25, 0.3) is 0 Å². The SMILES string of the molecule is CC1=[C-]C(C)C=C1c1ccccc1.Cl.Cl.Clc1ccc([CH]=[Zr]=[CH]c2ccc(Cl)cc2)cc1.[c-]1cccc2c1Cc1ccccc1-2. The molecule has 0 aliphatic heterocycles. The Morgan fingerprint density at radius 3 is 1.82 bits per heavy atom. The van der Waals surface area contributed by atoms with E-state index < -0.39 is 22.3 Å². The molecule has 0 spiro atoms. The topological polar surface area (TPSA) is 0 Å². The molecule has 2 aliphatic carbocycles. The molecule has 0 amide bonds. The van der Waals surface area contributed by atoms with Crippen molar-refractivity contribution in [2.75, 3.05) is 0 Å². The first-order valence-electron chi connectivity index (χ1n) is 14.4. The third kappa shape index (κ3) is 10.7. The van der Waals surface area contributed by atoms with Gasteiger partial charge in [-0.2, -0.15) is 41.5 Å². The van der Waals surface area contributed by atoms with Gasteiger partial charge < -0.3 is 0 Å². The molecule has 45 heavy (non-hydrogen) atoms. The summed E-state index contributed by atoms with van der Waals surface area (Å²) in [4.78, 5) is 0. The van der Waals surface area contributed by atoms with Crippen molar-refractivity contribution in [3.63, 3.8) is 0 Å². The van der Waals surface area contributed by atoms with Gasteiger partial charge in [0.05, 0.1) is 0 Å². The molecule has 0 nitrogen and oxygen atoms in total. The Kier molecular flexibility index (Phi) is 15.1. The third-order valence-electron chi connectivity index (χ3n) is 7.21. The number of hydrogen-bond acceptors (Lipinski definition) is 0. The van der Waals surface area contributed by atoms with Crippen molar-refractivity contribution < 1.29 is 22.3 Å². The second-order valence-corrected chi connectivity index (χ2v) is 13.6. The summed E-state index contributed by atoms with van der Waals surface area (Å²) in [6.07, 6.45) is 6.71. The fourth-order valence-corrected chi connectivity index (χ4v) is 7.47. The Hall–Kier alpha value is -2.64. The van der Waals surface area contributed by atoms with E-state index in [1.165, 1.54) is 50.1 Å². The molecule has 0 bridgehead atoms. The van der Waals surface area contributed by atoms with Crippen LogP contribution in [0, 0.1) is 18.1 Å². The van der Waals surface area contributed by atoms with E-state index >= 15 is 0 Å². The van der Waals surface area contributed by atoms with Crippen molar-refractivity contribution in [3.05, 3.63) is 183 Å². The predicted molar refractivity (Wildman–Crippen MR) is 197 cm³/mol. The minimum absolute atomic E-state index is 0. The molecule has 1 unspecified atom stereocenters. The van der Waals surface area contributed by atoms with Gasteiger partial charge in [-0.25, -0.2) is 5.57 Å². The van der Waals surface area contributed by atoms with E-state index in [-0.39, 0.29) is 24.8 Å². The maximum absolute atomic E-state index is 5.84. The number of fused-ring (bicyclic) bond motifs is 3. The molecule has 228 valence electrons. The smallest absolute Gasteiger partial charge is 0.0253 e. The predicted octanol–water partition coefficient (Wildman–Crippen LogP) is 11.4. The van der Waals surface area contributed by atoms with Crippen molar-refractivity contribution in [1.82, 2.24) is 0 Å².